The number of hydrogen-bond donors (Lipinski definition) is 2. The number of hydrogen-bond acceptors (Lipinski definition) is 4. The van der Waals surface area contributed by atoms with Crippen molar-refractivity contribution in [2.45, 2.75) is 0 Å². The van der Waals surface area contributed by atoms with Gasteiger partial charge in [-0.25, -0.2) is 9.97 Å². The normalized spacial score (nSPS) is 11.1. The Bertz CT molecular complexity index is 1080. The quantitative estimate of drug-likeness (QED) is 0.553. The minimum Gasteiger partial charge on any atom is -0.366 e. The molecule has 0 fully saturated rings. The fraction of sp³-hybridized carbons (Fsp3) is 0.0588. The summed E-state index contributed by atoms with van der Waals surface area (Å²) in [5, 5.41) is 4.70. The van der Waals surface area contributed by atoms with Gasteiger partial charge in [0.2, 0.25) is 0 Å². The minimum absolute atomic E-state index is 0.260. The van der Waals surface area contributed by atoms with Crippen molar-refractivity contribution in [1.29, 1.82) is 0 Å². The number of H-pyrrole nitrogens is 1. The maximum atomic E-state index is 11.7. The van der Waals surface area contributed by atoms with Crippen molar-refractivity contribution in [2.75, 3.05) is 0 Å². The number of para-hydroxylation sites is 2. The molecule has 3 heterocycles. The molecule has 8 heteroatoms. The second-order valence-electron chi connectivity index (χ2n) is 5.54. The van der Waals surface area contributed by atoms with Crippen LogP contribution >= 0.6 is 11.6 Å². The minimum atomic E-state index is -0.588. The Morgan fingerprint density at radius 2 is 2.00 bits per heavy atom. The maximum Gasteiger partial charge on any atom is 0.250 e. The Kier molecular flexibility index (Phi) is 3.51. The molecule has 0 bridgehead atoms. The van der Waals surface area contributed by atoms with Crippen LogP contribution in [0.3, 0.4) is 0 Å². The molecule has 0 unspecified atom stereocenters. The summed E-state index contributed by atoms with van der Waals surface area (Å²) in [6, 6.07) is 12.6. The number of rotatable bonds is 3. The van der Waals surface area contributed by atoms with E-state index in [9.17, 15) is 4.79 Å². The molecule has 0 saturated carbocycles. The Morgan fingerprint density at radius 1 is 1.20 bits per heavy atom. The zero-order valence-electron chi connectivity index (χ0n) is 13.2. The molecule has 0 aliphatic rings. The molecule has 7 nitrogen and oxygen atoms in total. The van der Waals surface area contributed by atoms with Crippen LogP contribution in [-0.2, 0) is 7.05 Å². The molecular formula is C17H13ClN6O. The van der Waals surface area contributed by atoms with E-state index in [-0.39, 0.29) is 10.7 Å². The summed E-state index contributed by atoms with van der Waals surface area (Å²) >= 11 is 5.97. The highest BCUT2D eigenvalue weighted by molar-refractivity contribution is 6.29. The molecule has 1 amide bonds. The Morgan fingerprint density at radius 3 is 2.76 bits per heavy atom. The van der Waals surface area contributed by atoms with E-state index < -0.39 is 5.91 Å². The summed E-state index contributed by atoms with van der Waals surface area (Å²) in [7, 11) is 1.79. The SMILES string of the molecule is Cn1nc(-c2nc(Cl)ccc2C(N)=O)cc1-c1nc2ccccc2[nH]1. The molecule has 0 spiro atoms. The number of primary amides is 1. The number of pyridine rings is 1. The number of nitrogens with two attached hydrogens (primary N) is 1. The van der Waals surface area contributed by atoms with Crippen molar-refractivity contribution in [1.82, 2.24) is 24.7 Å². The average molecular weight is 353 g/mol. The molecule has 0 radical (unpaired) electrons. The van der Waals surface area contributed by atoms with Gasteiger partial charge in [-0.15, -0.1) is 0 Å². The molecule has 4 rings (SSSR count). The molecule has 0 aliphatic carbocycles. The summed E-state index contributed by atoms with van der Waals surface area (Å²) in [6.45, 7) is 0. The number of imidazole rings is 1. The van der Waals surface area contributed by atoms with E-state index in [2.05, 4.69) is 20.1 Å². The number of aromatic nitrogens is 5. The van der Waals surface area contributed by atoms with Gasteiger partial charge < -0.3 is 10.7 Å². The van der Waals surface area contributed by atoms with Crippen LogP contribution < -0.4 is 5.73 Å². The van der Waals surface area contributed by atoms with Gasteiger partial charge in [0.25, 0.3) is 5.91 Å². The first-order valence-corrected chi connectivity index (χ1v) is 7.86. The Labute approximate surface area is 147 Å². The maximum absolute atomic E-state index is 11.7. The first-order chi connectivity index (χ1) is 12.0. The summed E-state index contributed by atoms with van der Waals surface area (Å²) in [5.74, 6) is 0.0835. The van der Waals surface area contributed by atoms with Crippen molar-refractivity contribution in [3.05, 3.63) is 53.2 Å². The zero-order chi connectivity index (χ0) is 17.6. The van der Waals surface area contributed by atoms with Gasteiger partial charge in [0, 0.05) is 7.05 Å². The molecule has 25 heavy (non-hydrogen) atoms. The molecular weight excluding hydrogens is 340 g/mol. The first kappa shape index (κ1) is 15.3. The van der Waals surface area contributed by atoms with Crippen LogP contribution in [-0.4, -0.2) is 30.6 Å². The number of amides is 1. The number of nitrogens with one attached hydrogen (secondary N) is 1. The van der Waals surface area contributed by atoms with Gasteiger partial charge in [-0.1, -0.05) is 23.7 Å². The summed E-state index contributed by atoms with van der Waals surface area (Å²) < 4.78 is 1.67. The van der Waals surface area contributed by atoms with Crippen LogP contribution in [0, 0.1) is 0 Å². The van der Waals surface area contributed by atoms with Crippen LogP contribution in [0.25, 0.3) is 33.9 Å². The third kappa shape index (κ3) is 2.64. The van der Waals surface area contributed by atoms with Crippen LogP contribution in [0.15, 0.2) is 42.5 Å². The fourth-order valence-electron chi connectivity index (χ4n) is 2.71. The molecule has 0 saturated heterocycles. The van der Waals surface area contributed by atoms with Crippen molar-refractivity contribution in [3.8, 4) is 22.9 Å². The van der Waals surface area contributed by atoms with E-state index in [1.165, 1.54) is 6.07 Å². The Balaban J connectivity index is 1.86. The molecule has 3 N–H and O–H groups in total. The lowest BCUT2D eigenvalue weighted by Gasteiger charge is -2.02. The van der Waals surface area contributed by atoms with Crippen LogP contribution in [0.5, 0.6) is 0 Å². The van der Waals surface area contributed by atoms with Gasteiger partial charge in [0.05, 0.1) is 16.6 Å². The number of nitrogens with zero attached hydrogens (tertiary/aromatic N) is 4. The summed E-state index contributed by atoms with van der Waals surface area (Å²) in [5.41, 5.74) is 9.08. The third-order valence-electron chi connectivity index (χ3n) is 3.88. The lowest BCUT2D eigenvalue weighted by atomic mass is 10.1. The number of aromatic amines is 1. The number of fused-ring (bicyclic) bond motifs is 1. The number of aryl methyl sites for hydroxylation is 1. The molecule has 124 valence electrons. The van der Waals surface area contributed by atoms with Gasteiger partial charge >= 0.3 is 0 Å². The molecule has 0 atom stereocenters. The van der Waals surface area contributed by atoms with E-state index >= 15 is 0 Å². The molecule has 1 aromatic carbocycles. The highest BCUT2D eigenvalue weighted by Crippen LogP contribution is 2.27. The van der Waals surface area contributed by atoms with E-state index in [0.29, 0.717) is 17.2 Å². The second-order valence-corrected chi connectivity index (χ2v) is 5.92. The molecule has 3 aromatic heterocycles. The molecule has 4 aromatic rings. The van der Waals surface area contributed by atoms with E-state index in [0.717, 1.165) is 16.7 Å². The van der Waals surface area contributed by atoms with Crippen molar-refractivity contribution in [3.63, 3.8) is 0 Å². The van der Waals surface area contributed by atoms with Crippen LogP contribution in [0.4, 0.5) is 0 Å². The summed E-state index contributed by atoms with van der Waals surface area (Å²) in [4.78, 5) is 23.7. The fourth-order valence-corrected chi connectivity index (χ4v) is 2.86. The van der Waals surface area contributed by atoms with Crippen molar-refractivity contribution < 1.29 is 4.79 Å². The first-order valence-electron chi connectivity index (χ1n) is 7.49. The smallest absolute Gasteiger partial charge is 0.250 e. The van der Waals surface area contributed by atoms with Crippen LogP contribution in [0.2, 0.25) is 5.15 Å². The zero-order valence-corrected chi connectivity index (χ0v) is 13.9. The average Bonchev–Trinajstić information content (AvgIpc) is 3.17. The second kappa shape index (κ2) is 5.71. The van der Waals surface area contributed by atoms with Crippen molar-refractivity contribution in [2.24, 2.45) is 12.8 Å². The molecule has 0 aliphatic heterocycles. The summed E-state index contributed by atoms with van der Waals surface area (Å²) in [6.07, 6.45) is 0. The van der Waals surface area contributed by atoms with Crippen LogP contribution in [0.1, 0.15) is 10.4 Å². The largest absolute Gasteiger partial charge is 0.366 e. The van der Waals surface area contributed by atoms with E-state index in [4.69, 9.17) is 17.3 Å². The predicted molar refractivity (Wildman–Crippen MR) is 95.1 cm³/mol. The van der Waals surface area contributed by atoms with Gasteiger partial charge in [0.15, 0.2) is 5.82 Å². The highest BCUT2D eigenvalue weighted by atomic mass is 35.5. The van der Waals surface area contributed by atoms with Gasteiger partial charge in [-0.2, -0.15) is 5.10 Å². The van der Waals surface area contributed by atoms with Gasteiger partial charge in [-0.05, 0) is 30.3 Å². The third-order valence-corrected chi connectivity index (χ3v) is 4.09. The van der Waals surface area contributed by atoms with Crippen molar-refractivity contribution >= 4 is 28.5 Å². The highest BCUT2D eigenvalue weighted by Gasteiger charge is 2.18. The number of carbonyl (C=O) groups is 1. The lowest BCUT2D eigenvalue weighted by molar-refractivity contribution is 0.100. The Hall–Kier alpha value is -3.19. The van der Waals surface area contributed by atoms with E-state index in [1.54, 1.807) is 23.9 Å². The predicted octanol–water partition coefficient (Wildman–Crippen LogP) is 2.78. The van der Waals surface area contributed by atoms with E-state index in [1.807, 2.05) is 24.3 Å². The number of halogens is 1. The monoisotopic (exact) mass is 352 g/mol. The standard InChI is InChI=1S/C17H13ClN6O/c1-24-13(17-20-10-4-2-3-5-11(10)21-17)8-12(23-24)15-9(16(19)25)6-7-14(18)22-15/h2-8H,1H3,(H2,19,25)(H,20,21). The lowest BCUT2D eigenvalue weighted by Crippen LogP contribution is -2.13. The topological polar surface area (TPSA) is 102 Å². The van der Waals surface area contributed by atoms with Gasteiger partial charge in [-0.3, -0.25) is 9.48 Å². The van der Waals surface area contributed by atoms with Gasteiger partial charge in [0.1, 0.15) is 22.2 Å². The number of benzene rings is 1. The number of carbonyl (C=O) groups excluding carboxylic acids is 1.